The summed E-state index contributed by atoms with van der Waals surface area (Å²) in [6, 6.07) is 7.38. The maximum atomic E-state index is 14.2. The summed E-state index contributed by atoms with van der Waals surface area (Å²) >= 11 is 0. The van der Waals surface area contributed by atoms with Gasteiger partial charge in [-0.3, -0.25) is 4.79 Å². The van der Waals surface area contributed by atoms with Gasteiger partial charge in [0.05, 0.1) is 13.2 Å². The van der Waals surface area contributed by atoms with E-state index in [-0.39, 0.29) is 34.5 Å². The van der Waals surface area contributed by atoms with E-state index in [1.807, 2.05) is 13.8 Å². The zero-order valence-electron chi connectivity index (χ0n) is 26.4. The maximum absolute atomic E-state index is 14.2. The Morgan fingerprint density at radius 3 is 2.25 bits per heavy atom. The van der Waals surface area contributed by atoms with Crippen molar-refractivity contribution in [2.45, 2.75) is 76.4 Å². The lowest BCUT2D eigenvalue weighted by Gasteiger charge is -2.38. The normalized spacial score (nSPS) is 27.4. The number of aliphatic hydroxyl groups is 7. The van der Waals surface area contributed by atoms with Crippen LogP contribution in [0.25, 0.3) is 22.3 Å². The third kappa shape index (κ3) is 6.53. The number of phenolic OH excluding ortho intramolecular Hbond substituents is 1. The molecule has 0 aliphatic carbocycles. The zero-order chi connectivity index (χ0) is 35.0. The smallest absolute Gasteiger partial charge is 0.269 e. The highest BCUT2D eigenvalue weighted by Gasteiger charge is 2.44. The molecule has 0 bridgehead atoms. The molecular formula is C33H38O15. The Hall–Kier alpha value is -4.35. The summed E-state index contributed by atoms with van der Waals surface area (Å²) in [6.07, 6.45) is -11.0. The fourth-order valence-corrected chi connectivity index (χ4v) is 5.31. The number of hydrogen-bond donors (Lipinski definition) is 8. The van der Waals surface area contributed by atoms with E-state index in [1.54, 1.807) is 30.3 Å². The average Bonchev–Trinajstić information content (AvgIpc) is 3.06. The van der Waals surface area contributed by atoms with Crippen molar-refractivity contribution in [3.05, 3.63) is 69.3 Å². The van der Waals surface area contributed by atoms with E-state index in [2.05, 4.69) is 0 Å². The first kappa shape index (κ1) is 35.0. The molecule has 1 saturated heterocycles. The second-order valence-corrected chi connectivity index (χ2v) is 11.7. The van der Waals surface area contributed by atoms with Gasteiger partial charge < -0.3 is 69.0 Å². The Morgan fingerprint density at radius 1 is 0.938 bits per heavy atom. The Bertz CT molecular complexity index is 1760. The maximum Gasteiger partial charge on any atom is 0.269 e. The number of allylic oxidation sites excluding steroid dienone is 2. The van der Waals surface area contributed by atoms with E-state index in [0.29, 0.717) is 11.3 Å². The number of phenols is 1. The van der Waals surface area contributed by atoms with Crippen molar-refractivity contribution in [3.63, 3.8) is 0 Å². The van der Waals surface area contributed by atoms with Crippen LogP contribution in [0.5, 0.6) is 23.0 Å². The fourth-order valence-electron chi connectivity index (χ4n) is 5.31. The first-order valence-corrected chi connectivity index (χ1v) is 15.0. The number of fused-ring (bicyclic) bond motifs is 1. The molecule has 0 spiro atoms. The van der Waals surface area contributed by atoms with Crippen LogP contribution in [-0.4, -0.2) is 104 Å². The molecule has 3 heterocycles. The largest absolute Gasteiger partial charge is 0.507 e. The highest BCUT2D eigenvalue weighted by molar-refractivity contribution is 5.91. The monoisotopic (exact) mass is 674 g/mol. The lowest BCUT2D eigenvalue weighted by molar-refractivity contribution is -0.268. The predicted octanol–water partition coefficient (Wildman–Crippen LogP) is 1.11. The molecule has 3 aromatic rings. The Morgan fingerprint density at radius 2 is 1.62 bits per heavy atom. The van der Waals surface area contributed by atoms with Crippen LogP contribution in [0, 0.1) is 0 Å². The number of benzene rings is 2. The van der Waals surface area contributed by atoms with Gasteiger partial charge in [0.15, 0.2) is 23.4 Å². The summed E-state index contributed by atoms with van der Waals surface area (Å²) in [7, 11) is 1.47. The van der Waals surface area contributed by atoms with Gasteiger partial charge in [-0.05, 0) is 51.5 Å². The van der Waals surface area contributed by atoms with E-state index in [4.69, 9.17) is 28.1 Å². The van der Waals surface area contributed by atoms with Crippen molar-refractivity contribution in [2.24, 2.45) is 0 Å². The quantitative estimate of drug-likeness (QED) is 0.148. The Balaban J connectivity index is 1.72. The standard InChI is InChI=1S/C33H38O15/c1-13(2)5-10-17-19(45-33-28(42)26(40)23(37)20(12-34)46-33)11-18(35)21-24(38)31(48-32-27(41)25(39)22(36)14(3)44-32)29(47-30(17)21)15-6-8-16(43-4)9-7-15/h5-9,11,14,22,25-28,32-37,39-42H,10,12H2,1-4H3. The lowest BCUT2D eigenvalue weighted by Crippen LogP contribution is -2.58. The van der Waals surface area contributed by atoms with Crippen LogP contribution in [0.4, 0.5) is 0 Å². The average molecular weight is 675 g/mol. The van der Waals surface area contributed by atoms with Crippen LogP contribution in [-0.2, 0) is 15.9 Å². The summed E-state index contributed by atoms with van der Waals surface area (Å²) in [5, 5.41) is 82.6. The second kappa shape index (κ2) is 14.0. The number of ether oxygens (including phenoxy) is 5. The number of hydrogen-bond acceptors (Lipinski definition) is 15. The molecule has 15 heteroatoms. The second-order valence-electron chi connectivity index (χ2n) is 11.7. The highest BCUT2D eigenvalue weighted by atomic mass is 16.7. The Labute approximate surface area is 273 Å². The number of rotatable bonds is 9. The molecule has 0 amide bonds. The van der Waals surface area contributed by atoms with Crippen molar-refractivity contribution in [3.8, 4) is 34.3 Å². The summed E-state index contributed by atoms with van der Waals surface area (Å²) in [6.45, 7) is 4.27. The fraction of sp³-hybridized carbons (Fsp3) is 0.424. The SMILES string of the molecule is COc1ccc(-c2oc3c(CC=C(C)C)c(OC4OC(CO)=C(O)C(O)C4O)cc(O)c3c(=O)c2OC2OC(C)C(O)C(O)C2O)cc1. The molecule has 0 saturated carbocycles. The minimum Gasteiger partial charge on any atom is -0.507 e. The van der Waals surface area contributed by atoms with Crippen molar-refractivity contribution < 1.29 is 69.0 Å². The van der Waals surface area contributed by atoms with E-state index in [0.717, 1.165) is 11.6 Å². The molecule has 15 nitrogen and oxygen atoms in total. The first-order chi connectivity index (χ1) is 22.8. The van der Waals surface area contributed by atoms with Crippen LogP contribution in [0.1, 0.15) is 26.3 Å². The molecule has 2 aliphatic rings. The van der Waals surface area contributed by atoms with Gasteiger partial charge in [-0.15, -0.1) is 0 Å². The molecule has 8 N–H and O–H groups in total. The molecule has 5 rings (SSSR count). The van der Waals surface area contributed by atoms with E-state index in [9.17, 15) is 45.6 Å². The first-order valence-electron chi connectivity index (χ1n) is 15.0. The molecule has 0 radical (unpaired) electrons. The van der Waals surface area contributed by atoms with Crippen molar-refractivity contribution in [1.29, 1.82) is 0 Å². The molecule has 2 aromatic carbocycles. The third-order valence-electron chi connectivity index (χ3n) is 8.09. The molecule has 2 aliphatic heterocycles. The van der Waals surface area contributed by atoms with Crippen LogP contribution in [0.3, 0.4) is 0 Å². The molecule has 48 heavy (non-hydrogen) atoms. The number of aromatic hydroxyl groups is 1. The predicted molar refractivity (Wildman–Crippen MR) is 167 cm³/mol. The van der Waals surface area contributed by atoms with Crippen molar-refractivity contribution in [2.75, 3.05) is 13.7 Å². The van der Waals surface area contributed by atoms with E-state index in [1.165, 1.54) is 14.0 Å². The van der Waals surface area contributed by atoms with Crippen LogP contribution >= 0.6 is 0 Å². The van der Waals surface area contributed by atoms with Gasteiger partial charge in [-0.1, -0.05) is 11.6 Å². The Kier molecular flexibility index (Phi) is 10.2. The third-order valence-corrected chi connectivity index (χ3v) is 8.09. The van der Waals surface area contributed by atoms with Gasteiger partial charge >= 0.3 is 0 Å². The molecule has 8 atom stereocenters. The van der Waals surface area contributed by atoms with Crippen LogP contribution in [0.2, 0.25) is 0 Å². The minimum absolute atomic E-state index is 0.0605. The lowest BCUT2D eigenvalue weighted by atomic mass is 10.00. The minimum atomic E-state index is -1.86. The van der Waals surface area contributed by atoms with Gasteiger partial charge in [0.1, 0.15) is 59.2 Å². The van der Waals surface area contributed by atoms with Gasteiger partial charge in [0.25, 0.3) is 6.29 Å². The molecular weight excluding hydrogens is 636 g/mol. The van der Waals surface area contributed by atoms with E-state index >= 15 is 0 Å². The van der Waals surface area contributed by atoms with Gasteiger partial charge in [-0.25, -0.2) is 0 Å². The molecule has 1 aromatic heterocycles. The van der Waals surface area contributed by atoms with E-state index < -0.39 is 84.3 Å². The van der Waals surface area contributed by atoms with Crippen molar-refractivity contribution in [1.82, 2.24) is 0 Å². The topological polar surface area (TPSA) is 238 Å². The van der Waals surface area contributed by atoms with Crippen molar-refractivity contribution >= 4 is 11.0 Å². The van der Waals surface area contributed by atoms with Crippen LogP contribution in [0.15, 0.2) is 62.7 Å². The molecule has 1 fully saturated rings. The number of aliphatic hydroxyl groups excluding tert-OH is 7. The summed E-state index contributed by atoms with van der Waals surface area (Å²) in [5.74, 6) is -2.19. The molecule has 8 unspecified atom stereocenters. The zero-order valence-corrected chi connectivity index (χ0v) is 26.4. The number of methoxy groups -OCH3 is 1. The van der Waals surface area contributed by atoms with Crippen LogP contribution < -0.4 is 19.6 Å². The summed E-state index contributed by atoms with van der Waals surface area (Å²) < 4.78 is 34.3. The summed E-state index contributed by atoms with van der Waals surface area (Å²) in [4.78, 5) is 14.2. The van der Waals surface area contributed by atoms with Gasteiger partial charge in [-0.2, -0.15) is 0 Å². The van der Waals surface area contributed by atoms with Gasteiger partial charge in [0, 0.05) is 17.2 Å². The molecule has 260 valence electrons. The summed E-state index contributed by atoms with van der Waals surface area (Å²) in [5.41, 5.74) is 0.292. The van der Waals surface area contributed by atoms with Gasteiger partial charge in [0.2, 0.25) is 17.5 Å². The highest BCUT2D eigenvalue weighted by Crippen LogP contribution is 2.41.